The first-order valence-corrected chi connectivity index (χ1v) is 15.2. The topological polar surface area (TPSA) is 86.8 Å². The number of nitrogens with one attached hydrogen (secondary N) is 1. The van der Waals surface area contributed by atoms with Crippen LogP contribution in [0.25, 0.3) is 0 Å². The van der Waals surface area contributed by atoms with E-state index in [1.165, 1.54) is 17.0 Å². The van der Waals surface area contributed by atoms with Crippen LogP contribution in [0, 0.1) is 6.92 Å². The molecule has 3 rings (SSSR count). The van der Waals surface area contributed by atoms with Crippen molar-refractivity contribution in [1.29, 1.82) is 0 Å². The molecule has 2 aromatic carbocycles. The number of hydrogen-bond acceptors (Lipinski definition) is 4. The van der Waals surface area contributed by atoms with Gasteiger partial charge in [-0.05, 0) is 55.9 Å². The maximum absolute atomic E-state index is 13.5. The fourth-order valence-electron chi connectivity index (χ4n) is 5.03. The summed E-state index contributed by atoms with van der Waals surface area (Å²) in [4.78, 5) is 28.5. The fourth-order valence-corrected chi connectivity index (χ4v) is 5.99. The molecule has 0 spiro atoms. The van der Waals surface area contributed by atoms with Crippen LogP contribution >= 0.6 is 0 Å². The van der Waals surface area contributed by atoms with Crippen molar-refractivity contribution in [3.8, 4) is 0 Å². The largest absolute Gasteiger partial charge is 0.352 e. The minimum absolute atomic E-state index is 0.101. The highest BCUT2D eigenvalue weighted by Gasteiger charge is 2.30. The summed E-state index contributed by atoms with van der Waals surface area (Å²) in [6, 6.07) is 16.6. The molecule has 1 saturated carbocycles. The molecule has 0 heterocycles. The highest BCUT2D eigenvalue weighted by molar-refractivity contribution is 7.92. The SMILES string of the molecule is CCC(C(=O)NC1CCCCC1)N(Cc1ccccc1)C(=O)CCCN(c1cccc(C)c1)S(C)(=O)=O. The quantitative estimate of drug-likeness (QED) is 0.430. The van der Waals surface area contributed by atoms with Crippen molar-refractivity contribution < 1.29 is 18.0 Å². The fraction of sp³-hybridized carbons (Fsp3) is 0.517. The van der Waals surface area contributed by atoms with Gasteiger partial charge in [0.25, 0.3) is 0 Å². The predicted octanol–water partition coefficient (Wildman–Crippen LogP) is 4.80. The third-order valence-electron chi connectivity index (χ3n) is 6.98. The molecule has 0 bridgehead atoms. The number of amides is 2. The minimum Gasteiger partial charge on any atom is -0.352 e. The van der Waals surface area contributed by atoms with Crippen LogP contribution in [0.15, 0.2) is 54.6 Å². The Morgan fingerprint density at radius 1 is 1.03 bits per heavy atom. The van der Waals surface area contributed by atoms with Crippen molar-refractivity contribution in [3.05, 3.63) is 65.7 Å². The summed E-state index contributed by atoms with van der Waals surface area (Å²) in [5.74, 6) is -0.247. The van der Waals surface area contributed by atoms with Gasteiger partial charge in [-0.15, -0.1) is 0 Å². The number of carbonyl (C=O) groups is 2. The summed E-state index contributed by atoms with van der Waals surface area (Å²) in [6.45, 7) is 4.37. The summed E-state index contributed by atoms with van der Waals surface area (Å²) >= 11 is 0. The summed E-state index contributed by atoms with van der Waals surface area (Å²) < 4.78 is 26.4. The summed E-state index contributed by atoms with van der Waals surface area (Å²) in [5.41, 5.74) is 2.51. The van der Waals surface area contributed by atoms with Gasteiger partial charge in [-0.1, -0.05) is 68.7 Å². The first kappa shape index (κ1) is 28.7. The van der Waals surface area contributed by atoms with Gasteiger partial charge in [0.2, 0.25) is 21.8 Å². The summed E-state index contributed by atoms with van der Waals surface area (Å²) in [7, 11) is -3.51. The Hall–Kier alpha value is -2.87. The van der Waals surface area contributed by atoms with E-state index in [1.807, 2.05) is 62.4 Å². The number of nitrogens with zero attached hydrogens (tertiary/aromatic N) is 2. The molecule has 0 aromatic heterocycles. The van der Waals surface area contributed by atoms with E-state index in [0.29, 0.717) is 25.1 Å². The molecular formula is C29H41N3O4S. The molecular weight excluding hydrogens is 486 g/mol. The molecule has 1 aliphatic carbocycles. The normalized spacial score (nSPS) is 15.1. The number of aryl methyl sites for hydroxylation is 1. The Bertz CT molecular complexity index is 1130. The van der Waals surface area contributed by atoms with Gasteiger partial charge in [0.05, 0.1) is 11.9 Å². The van der Waals surface area contributed by atoms with Crippen LogP contribution in [-0.2, 0) is 26.2 Å². The summed E-state index contributed by atoms with van der Waals surface area (Å²) in [6.07, 6.45) is 7.60. The summed E-state index contributed by atoms with van der Waals surface area (Å²) in [5, 5.41) is 3.19. The standard InChI is InChI=1S/C29H41N3O4S/c1-4-27(29(34)30-25-16-9-6-10-17-25)31(22-24-14-7-5-8-15-24)28(33)19-12-20-32(37(3,35)36)26-18-11-13-23(2)21-26/h5,7-8,11,13-15,18,21,25,27H,4,6,9-10,12,16-17,19-20,22H2,1-3H3,(H,30,34). The smallest absolute Gasteiger partial charge is 0.243 e. The molecule has 0 aliphatic heterocycles. The molecule has 37 heavy (non-hydrogen) atoms. The average Bonchev–Trinajstić information content (AvgIpc) is 2.87. The third kappa shape index (κ3) is 8.59. The van der Waals surface area contributed by atoms with Gasteiger partial charge >= 0.3 is 0 Å². The molecule has 0 saturated heterocycles. The first-order chi connectivity index (χ1) is 17.7. The van der Waals surface area contributed by atoms with Gasteiger partial charge in [0.15, 0.2) is 0 Å². The van der Waals surface area contributed by atoms with Gasteiger partial charge < -0.3 is 10.2 Å². The average molecular weight is 528 g/mol. The minimum atomic E-state index is -3.51. The third-order valence-corrected chi connectivity index (χ3v) is 8.17. The van der Waals surface area contributed by atoms with Crippen molar-refractivity contribution in [1.82, 2.24) is 10.2 Å². The van der Waals surface area contributed by atoms with E-state index >= 15 is 0 Å². The van der Waals surface area contributed by atoms with Crippen LogP contribution in [-0.4, -0.2) is 50.0 Å². The number of hydrogen-bond donors (Lipinski definition) is 1. The first-order valence-electron chi connectivity index (χ1n) is 13.4. The Morgan fingerprint density at radius 2 is 1.73 bits per heavy atom. The lowest BCUT2D eigenvalue weighted by atomic mass is 9.95. The van der Waals surface area contributed by atoms with Crippen LogP contribution in [0.5, 0.6) is 0 Å². The van der Waals surface area contributed by atoms with Crippen molar-refractivity contribution in [3.63, 3.8) is 0 Å². The van der Waals surface area contributed by atoms with Crippen LogP contribution in [0.1, 0.15) is 69.4 Å². The molecule has 1 unspecified atom stereocenters. The van der Waals surface area contributed by atoms with E-state index in [0.717, 1.165) is 36.8 Å². The van der Waals surface area contributed by atoms with Crippen molar-refractivity contribution in [2.75, 3.05) is 17.1 Å². The number of rotatable bonds is 12. The number of carbonyl (C=O) groups excluding carboxylic acids is 2. The lowest BCUT2D eigenvalue weighted by molar-refractivity contribution is -0.141. The van der Waals surface area contributed by atoms with E-state index in [4.69, 9.17) is 0 Å². The van der Waals surface area contributed by atoms with E-state index in [9.17, 15) is 18.0 Å². The second-order valence-electron chi connectivity index (χ2n) is 10.1. The van der Waals surface area contributed by atoms with Gasteiger partial charge in [-0.3, -0.25) is 13.9 Å². The van der Waals surface area contributed by atoms with E-state index in [2.05, 4.69) is 5.32 Å². The zero-order valence-corrected chi connectivity index (χ0v) is 23.2. The molecule has 1 aliphatic rings. The van der Waals surface area contributed by atoms with E-state index in [-0.39, 0.29) is 30.8 Å². The van der Waals surface area contributed by atoms with Gasteiger partial charge in [0, 0.05) is 25.6 Å². The molecule has 2 amide bonds. The molecule has 1 atom stereocenters. The highest BCUT2D eigenvalue weighted by atomic mass is 32.2. The molecule has 1 N–H and O–H groups in total. The zero-order chi connectivity index (χ0) is 26.8. The Balaban J connectivity index is 1.73. The molecule has 8 heteroatoms. The van der Waals surface area contributed by atoms with Gasteiger partial charge in [0.1, 0.15) is 6.04 Å². The van der Waals surface area contributed by atoms with Gasteiger partial charge in [-0.2, -0.15) is 0 Å². The molecule has 202 valence electrons. The lowest BCUT2D eigenvalue weighted by Gasteiger charge is -2.33. The van der Waals surface area contributed by atoms with Gasteiger partial charge in [-0.25, -0.2) is 8.42 Å². The zero-order valence-electron chi connectivity index (χ0n) is 22.4. The van der Waals surface area contributed by atoms with Crippen LogP contribution in [0.3, 0.4) is 0 Å². The Morgan fingerprint density at radius 3 is 2.35 bits per heavy atom. The lowest BCUT2D eigenvalue weighted by Crippen LogP contribution is -2.51. The number of sulfonamides is 1. The Kier molecular flexibility index (Phi) is 10.6. The number of anilines is 1. The monoisotopic (exact) mass is 527 g/mol. The molecule has 2 aromatic rings. The van der Waals surface area contributed by atoms with Crippen molar-refractivity contribution in [2.24, 2.45) is 0 Å². The predicted molar refractivity (Wildman–Crippen MR) is 149 cm³/mol. The van der Waals surface area contributed by atoms with Crippen molar-refractivity contribution >= 4 is 27.5 Å². The van der Waals surface area contributed by atoms with Crippen LogP contribution < -0.4 is 9.62 Å². The molecule has 1 fully saturated rings. The second kappa shape index (κ2) is 13.6. The van der Waals surface area contributed by atoms with Crippen molar-refractivity contribution in [2.45, 2.75) is 83.8 Å². The molecule has 7 nitrogen and oxygen atoms in total. The maximum Gasteiger partial charge on any atom is 0.243 e. The number of benzene rings is 2. The van der Waals surface area contributed by atoms with E-state index < -0.39 is 16.1 Å². The highest BCUT2D eigenvalue weighted by Crippen LogP contribution is 2.22. The maximum atomic E-state index is 13.5. The molecule has 0 radical (unpaired) electrons. The second-order valence-corrected chi connectivity index (χ2v) is 12.0. The van der Waals surface area contributed by atoms with Crippen LogP contribution in [0.4, 0.5) is 5.69 Å². The van der Waals surface area contributed by atoms with E-state index in [1.54, 1.807) is 11.0 Å². The Labute approximate surface area is 222 Å². The van der Waals surface area contributed by atoms with Crippen LogP contribution in [0.2, 0.25) is 0 Å².